The van der Waals surface area contributed by atoms with E-state index in [0.29, 0.717) is 37.1 Å². The standard InChI is InChI=1S/C14H18FN5O2/c15-10-3-11(16-5-10)6-18-14(22)12-7-19-20-8-9(1-2-21)4-17-13(12)20/h4,7-8,10-11,16,21H,1-3,5-6H2,(H,18,22). The molecule has 3 rings (SSSR count). The molecule has 2 aromatic rings. The Hall–Kier alpha value is -2.06. The Balaban J connectivity index is 1.68. The third-order valence-electron chi connectivity index (χ3n) is 3.73. The Morgan fingerprint density at radius 2 is 2.41 bits per heavy atom. The predicted molar refractivity (Wildman–Crippen MR) is 77.4 cm³/mol. The lowest BCUT2D eigenvalue weighted by molar-refractivity contribution is 0.0951. The monoisotopic (exact) mass is 307 g/mol. The van der Waals surface area contributed by atoms with E-state index in [9.17, 15) is 9.18 Å². The Bertz CT molecular complexity index is 674. The van der Waals surface area contributed by atoms with Crippen LogP contribution in [0.3, 0.4) is 0 Å². The molecule has 2 unspecified atom stereocenters. The van der Waals surface area contributed by atoms with Crippen molar-refractivity contribution >= 4 is 11.6 Å². The minimum atomic E-state index is -0.842. The van der Waals surface area contributed by atoms with Crippen LogP contribution in [-0.4, -0.2) is 57.5 Å². The van der Waals surface area contributed by atoms with Crippen molar-refractivity contribution in [3.8, 4) is 0 Å². The van der Waals surface area contributed by atoms with Gasteiger partial charge in [0, 0.05) is 38.1 Å². The lowest BCUT2D eigenvalue weighted by Crippen LogP contribution is -2.37. The van der Waals surface area contributed by atoms with Crippen LogP contribution in [0.4, 0.5) is 4.39 Å². The van der Waals surface area contributed by atoms with Crippen LogP contribution in [0, 0.1) is 0 Å². The Morgan fingerprint density at radius 3 is 3.14 bits per heavy atom. The van der Waals surface area contributed by atoms with Crippen LogP contribution in [0.5, 0.6) is 0 Å². The van der Waals surface area contributed by atoms with Crippen molar-refractivity contribution in [2.75, 3.05) is 19.7 Å². The number of amides is 1. The van der Waals surface area contributed by atoms with Crippen molar-refractivity contribution < 1.29 is 14.3 Å². The molecule has 22 heavy (non-hydrogen) atoms. The van der Waals surface area contributed by atoms with Gasteiger partial charge in [-0.25, -0.2) is 13.9 Å². The molecular formula is C14H18FN5O2. The number of aromatic nitrogens is 3. The highest BCUT2D eigenvalue weighted by Gasteiger charge is 2.24. The van der Waals surface area contributed by atoms with Crippen molar-refractivity contribution in [3.05, 3.63) is 29.7 Å². The zero-order valence-electron chi connectivity index (χ0n) is 12.0. The van der Waals surface area contributed by atoms with Gasteiger partial charge >= 0.3 is 0 Å². The summed E-state index contributed by atoms with van der Waals surface area (Å²) in [5, 5.41) is 18.8. The van der Waals surface area contributed by atoms with Crippen LogP contribution in [-0.2, 0) is 6.42 Å². The number of alkyl halides is 1. The molecule has 0 bridgehead atoms. The summed E-state index contributed by atoms with van der Waals surface area (Å²) in [6.07, 6.45) is 4.88. The Labute approximate surface area is 126 Å². The molecule has 1 aliphatic rings. The third-order valence-corrected chi connectivity index (χ3v) is 3.73. The third kappa shape index (κ3) is 3.07. The van der Waals surface area contributed by atoms with Gasteiger partial charge in [0.2, 0.25) is 0 Å². The first kappa shape index (κ1) is 14.9. The van der Waals surface area contributed by atoms with Crippen LogP contribution < -0.4 is 10.6 Å². The van der Waals surface area contributed by atoms with Gasteiger partial charge in [0.25, 0.3) is 5.91 Å². The summed E-state index contributed by atoms with van der Waals surface area (Å²) < 4.78 is 14.6. The number of fused-ring (bicyclic) bond motifs is 1. The predicted octanol–water partition coefficient (Wildman–Crippen LogP) is -0.306. The van der Waals surface area contributed by atoms with E-state index in [-0.39, 0.29) is 18.6 Å². The summed E-state index contributed by atoms with van der Waals surface area (Å²) in [4.78, 5) is 16.4. The summed E-state index contributed by atoms with van der Waals surface area (Å²) in [7, 11) is 0. The number of hydrogen-bond acceptors (Lipinski definition) is 5. The van der Waals surface area contributed by atoms with Gasteiger partial charge in [-0.2, -0.15) is 5.10 Å². The van der Waals surface area contributed by atoms with E-state index >= 15 is 0 Å². The zero-order chi connectivity index (χ0) is 15.5. The average molecular weight is 307 g/mol. The molecular weight excluding hydrogens is 289 g/mol. The number of aliphatic hydroxyl groups excluding tert-OH is 1. The summed E-state index contributed by atoms with van der Waals surface area (Å²) in [5.41, 5.74) is 1.68. The van der Waals surface area contributed by atoms with Crippen molar-refractivity contribution in [1.29, 1.82) is 0 Å². The van der Waals surface area contributed by atoms with Crippen molar-refractivity contribution in [2.45, 2.75) is 25.1 Å². The molecule has 1 amide bonds. The molecule has 3 heterocycles. The second-order valence-electron chi connectivity index (χ2n) is 5.41. The summed E-state index contributed by atoms with van der Waals surface area (Å²) >= 11 is 0. The normalized spacial score (nSPS) is 21.4. The topological polar surface area (TPSA) is 91.6 Å². The molecule has 2 atom stereocenters. The van der Waals surface area contributed by atoms with Gasteiger partial charge in [0.05, 0.1) is 6.20 Å². The smallest absolute Gasteiger partial charge is 0.256 e. The van der Waals surface area contributed by atoms with Gasteiger partial charge in [-0.1, -0.05) is 0 Å². The lowest BCUT2D eigenvalue weighted by atomic mass is 10.2. The van der Waals surface area contributed by atoms with Gasteiger partial charge < -0.3 is 15.7 Å². The van der Waals surface area contributed by atoms with E-state index in [0.717, 1.165) is 5.56 Å². The van der Waals surface area contributed by atoms with E-state index < -0.39 is 6.17 Å². The van der Waals surface area contributed by atoms with E-state index in [1.54, 1.807) is 12.4 Å². The highest BCUT2D eigenvalue weighted by Crippen LogP contribution is 2.11. The maximum absolute atomic E-state index is 13.1. The van der Waals surface area contributed by atoms with Crippen molar-refractivity contribution in [1.82, 2.24) is 25.2 Å². The number of hydrogen-bond donors (Lipinski definition) is 3. The van der Waals surface area contributed by atoms with Crippen molar-refractivity contribution in [2.24, 2.45) is 0 Å². The number of rotatable bonds is 5. The molecule has 0 radical (unpaired) electrons. The number of halogens is 1. The fourth-order valence-corrected chi connectivity index (χ4v) is 2.57. The molecule has 0 spiro atoms. The van der Waals surface area contributed by atoms with E-state index in [1.807, 2.05) is 0 Å². The molecule has 8 heteroatoms. The van der Waals surface area contributed by atoms with Crippen LogP contribution in [0.2, 0.25) is 0 Å². The van der Waals surface area contributed by atoms with Crippen LogP contribution in [0.25, 0.3) is 5.65 Å². The van der Waals surface area contributed by atoms with Gasteiger partial charge in [0.15, 0.2) is 5.65 Å². The van der Waals surface area contributed by atoms with E-state index in [2.05, 4.69) is 20.7 Å². The second kappa shape index (κ2) is 6.37. The molecule has 3 N–H and O–H groups in total. The first-order chi connectivity index (χ1) is 10.7. The van der Waals surface area contributed by atoms with Gasteiger partial charge in [0.1, 0.15) is 11.7 Å². The number of nitrogens with one attached hydrogen (secondary N) is 2. The Kier molecular flexibility index (Phi) is 4.30. The number of aliphatic hydroxyl groups is 1. The maximum Gasteiger partial charge on any atom is 0.256 e. The molecule has 0 saturated carbocycles. The molecule has 1 fully saturated rings. The number of carbonyl (C=O) groups excluding carboxylic acids is 1. The van der Waals surface area contributed by atoms with Crippen LogP contribution in [0.1, 0.15) is 22.3 Å². The summed E-state index contributed by atoms with van der Waals surface area (Å²) in [6, 6.07) is -0.0371. The molecule has 0 aromatic carbocycles. The summed E-state index contributed by atoms with van der Waals surface area (Å²) in [5.74, 6) is -0.276. The molecule has 7 nitrogen and oxygen atoms in total. The highest BCUT2D eigenvalue weighted by molar-refractivity contribution is 5.99. The molecule has 118 valence electrons. The fourth-order valence-electron chi connectivity index (χ4n) is 2.57. The molecule has 1 saturated heterocycles. The first-order valence-electron chi connectivity index (χ1n) is 7.26. The van der Waals surface area contributed by atoms with Gasteiger partial charge in [-0.05, 0) is 18.4 Å². The van der Waals surface area contributed by atoms with E-state index in [4.69, 9.17) is 5.11 Å². The first-order valence-corrected chi connectivity index (χ1v) is 7.26. The number of carbonyl (C=O) groups is 1. The van der Waals surface area contributed by atoms with Crippen molar-refractivity contribution in [3.63, 3.8) is 0 Å². The van der Waals surface area contributed by atoms with Crippen LogP contribution in [0.15, 0.2) is 18.6 Å². The maximum atomic E-state index is 13.1. The molecule has 0 aliphatic carbocycles. The minimum Gasteiger partial charge on any atom is -0.396 e. The van der Waals surface area contributed by atoms with E-state index in [1.165, 1.54) is 10.7 Å². The zero-order valence-corrected chi connectivity index (χ0v) is 12.0. The second-order valence-corrected chi connectivity index (χ2v) is 5.41. The lowest BCUT2D eigenvalue weighted by Gasteiger charge is -2.10. The van der Waals surface area contributed by atoms with Crippen LogP contribution >= 0.6 is 0 Å². The van der Waals surface area contributed by atoms with Gasteiger partial charge in [-0.15, -0.1) is 0 Å². The largest absolute Gasteiger partial charge is 0.396 e. The quantitative estimate of drug-likeness (QED) is 0.705. The molecule has 2 aromatic heterocycles. The minimum absolute atomic E-state index is 0.0335. The highest BCUT2D eigenvalue weighted by atomic mass is 19.1. The van der Waals surface area contributed by atoms with Gasteiger partial charge in [-0.3, -0.25) is 4.79 Å². The summed E-state index contributed by atoms with van der Waals surface area (Å²) in [6.45, 7) is 0.747. The average Bonchev–Trinajstić information content (AvgIpc) is 3.11. The fraction of sp³-hybridized carbons (Fsp3) is 0.500. The number of nitrogens with zero attached hydrogens (tertiary/aromatic N) is 3. The SMILES string of the molecule is O=C(NCC1CC(F)CN1)c1cnn2cc(CCO)cnc12. The molecule has 1 aliphatic heterocycles. The Morgan fingerprint density at radius 1 is 1.55 bits per heavy atom.